The third-order valence-corrected chi connectivity index (χ3v) is 3.92. The second kappa shape index (κ2) is 5.50. The molecule has 0 aliphatic carbocycles. The van der Waals surface area contributed by atoms with Crippen LogP contribution in [-0.4, -0.2) is 5.16 Å². The Balaban J connectivity index is 2.24. The molecule has 1 heterocycles. The van der Waals surface area contributed by atoms with Crippen molar-refractivity contribution >= 4 is 33.4 Å². The van der Waals surface area contributed by atoms with Crippen molar-refractivity contribution in [2.75, 3.05) is 5.73 Å². The number of rotatable bonds is 2. The Labute approximate surface area is 133 Å². The minimum Gasteiger partial charge on any atom is -0.367 e. The predicted molar refractivity (Wildman–Crippen MR) is 84.5 cm³/mol. The average Bonchev–Trinajstić information content (AvgIpc) is 2.83. The minimum absolute atomic E-state index is 0.0120. The smallest absolute Gasteiger partial charge is 0.230 e. The number of nitrogens with zero attached hydrogens (tertiary/aromatic N) is 1. The van der Waals surface area contributed by atoms with Crippen LogP contribution in [0.15, 0.2) is 51.5 Å². The van der Waals surface area contributed by atoms with Crippen LogP contribution >= 0.6 is 27.5 Å². The molecule has 0 atom stereocenters. The number of nitrogens with two attached hydrogens (primary N) is 1. The normalized spacial score (nSPS) is 10.8. The number of anilines is 1. The van der Waals surface area contributed by atoms with Crippen LogP contribution in [0.5, 0.6) is 0 Å². The summed E-state index contributed by atoms with van der Waals surface area (Å²) >= 11 is 9.42. The second-order valence-electron chi connectivity index (χ2n) is 4.38. The molecule has 0 amide bonds. The van der Waals surface area contributed by atoms with Crippen LogP contribution in [-0.2, 0) is 0 Å². The van der Waals surface area contributed by atoms with Crippen molar-refractivity contribution in [2.45, 2.75) is 0 Å². The molecule has 0 bridgehead atoms. The molecule has 0 fully saturated rings. The van der Waals surface area contributed by atoms with Gasteiger partial charge in [0.2, 0.25) is 5.88 Å². The van der Waals surface area contributed by atoms with E-state index in [0.717, 1.165) is 10.0 Å². The van der Waals surface area contributed by atoms with Gasteiger partial charge in [-0.15, -0.1) is 0 Å². The van der Waals surface area contributed by atoms with Gasteiger partial charge in [-0.1, -0.05) is 57.0 Å². The van der Waals surface area contributed by atoms with E-state index < -0.39 is 5.82 Å². The van der Waals surface area contributed by atoms with Crippen LogP contribution in [0.3, 0.4) is 0 Å². The fourth-order valence-electron chi connectivity index (χ4n) is 2.10. The molecule has 3 nitrogen and oxygen atoms in total. The molecule has 0 saturated carbocycles. The van der Waals surface area contributed by atoms with E-state index in [0.29, 0.717) is 16.8 Å². The zero-order chi connectivity index (χ0) is 15.0. The summed E-state index contributed by atoms with van der Waals surface area (Å²) in [5.41, 5.74) is 8.11. The molecule has 0 spiro atoms. The van der Waals surface area contributed by atoms with Crippen molar-refractivity contribution in [3.05, 3.63) is 57.8 Å². The highest BCUT2D eigenvalue weighted by molar-refractivity contribution is 9.10. The highest BCUT2D eigenvalue weighted by atomic mass is 79.9. The first-order valence-corrected chi connectivity index (χ1v) is 7.20. The molecule has 21 heavy (non-hydrogen) atoms. The lowest BCUT2D eigenvalue weighted by Crippen LogP contribution is -1.89. The maximum absolute atomic E-state index is 13.6. The molecule has 0 aliphatic rings. The Hall–Kier alpha value is -1.85. The maximum Gasteiger partial charge on any atom is 0.230 e. The lowest BCUT2D eigenvalue weighted by molar-refractivity contribution is 0.439. The number of hydrogen-bond acceptors (Lipinski definition) is 3. The molecule has 2 aromatic carbocycles. The summed E-state index contributed by atoms with van der Waals surface area (Å²) in [6, 6.07) is 12.0. The molecular weight excluding hydrogens is 359 g/mol. The van der Waals surface area contributed by atoms with Crippen molar-refractivity contribution in [1.82, 2.24) is 5.16 Å². The van der Waals surface area contributed by atoms with Crippen molar-refractivity contribution in [3.8, 4) is 22.4 Å². The highest BCUT2D eigenvalue weighted by Crippen LogP contribution is 2.40. The fraction of sp³-hybridized carbons (Fsp3) is 0. The molecule has 6 heteroatoms. The van der Waals surface area contributed by atoms with E-state index in [9.17, 15) is 4.39 Å². The summed E-state index contributed by atoms with van der Waals surface area (Å²) in [6.07, 6.45) is 0. The van der Waals surface area contributed by atoms with Gasteiger partial charge >= 0.3 is 0 Å². The monoisotopic (exact) mass is 366 g/mol. The van der Waals surface area contributed by atoms with Gasteiger partial charge in [-0.2, -0.15) is 0 Å². The van der Waals surface area contributed by atoms with Crippen molar-refractivity contribution in [1.29, 1.82) is 0 Å². The molecule has 0 radical (unpaired) electrons. The molecule has 0 saturated heterocycles. The Bertz CT molecular complexity index is 819. The molecule has 3 aromatic rings. The van der Waals surface area contributed by atoms with E-state index >= 15 is 0 Å². The van der Waals surface area contributed by atoms with Crippen molar-refractivity contribution < 1.29 is 8.91 Å². The largest absolute Gasteiger partial charge is 0.367 e. The number of aromatic nitrogens is 1. The van der Waals surface area contributed by atoms with Gasteiger partial charge in [0.25, 0.3) is 0 Å². The predicted octanol–water partition coefficient (Wildman–Crippen LogP) is 5.15. The molecule has 2 N–H and O–H groups in total. The van der Waals surface area contributed by atoms with Crippen LogP contribution < -0.4 is 5.73 Å². The van der Waals surface area contributed by atoms with Crippen LogP contribution in [0.25, 0.3) is 22.4 Å². The van der Waals surface area contributed by atoms with E-state index in [1.807, 2.05) is 24.3 Å². The quantitative estimate of drug-likeness (QED) is 0.682. The summed E-state index contributed by atoms with van der Waals surface area (Å²) in [6.45, 7) is 0. The van der Waals surface area contributed by atoms with Crippen LogP contribution in [0.2, 0.25) is 5.02 Å². The number of benzene rings is 2. The lowest BCUT2D eigenvalue weighted by atomic mass is 10.0. The zero-order valence-corrected chi connectivity index (χ0v) is 13.0. The third kappa shape index (κ3) is 2.54. The van der Waals surface area contributed by atoms with E-state index in [4.69, 9.17) is 21.9 Å². The first kappa shape index (κ1) is 14.1. The molecule has 3 rings (SSSR count). The number of halogens is 3. The highest BCUT2D eigenvalue weighted by Gasteiger charge is 2.20. The Morgan fingerprint density at radius 2 is 1.95 bits per heavy atom. The summed E-state index contributed by atoms with van der Waals surface area (Å²) in [5.74, 6) is -0.362. The minimum atomic E-state index is -0.518. The van der Waals surface area contributed by atoms with Gasteiger partial charge in [-0.3, -0.25) is 0 Å². The standard InChI is InChI=1S/C15H9BrClFN2O/c16-9-4-1-3-8(7-9)12-14(20-21-15(12)19)10-5-2-6-11(18)13(10)17/h1-7H,19H2. The summed E-state index contributed by atoms with van der Waals surface area (Å²) in [5, 5.41) is 3.92. The molecule has 106 valence electrons. The van der Waals surface area contributed by atoms with Gasteiger partial charge in [-0.05, 0) is 23.8 Å². The molecular formula is C15H9BrClFN2O. The topological polar surface area (TPSA) is 52.0 Å². The van der Waals surface area contributed by atoms with E-state index in [-0.39, 0.29) is 10.9 Å². The molecule has 0 aliphatic heterocycles. The first-order valence-electron chi connectivity index (χ1n) is 6.03. The van der Waals surface area contributed by atoms with Gasteiger partial charge in [0.1, 0.15) is 11.5 Å². The third-order valence-electron chi connectivity index (χ3n) is 3.04. The lowest BCUT2D eigenvalue weighted by Gasteiger charge is -2.05. The van der Waals surface area contributed by atoms with E-state index in [2.05, 4.69) is 21.1 Å². The average molecular weight is 368 g/mol. The van der Waals surface area contributed by atoms with E-state index in [1.54, 1.807) is 12.1 Å². The summed E-state index contributed by atoms with van der Waals surface area (Å²) in [4.78, 5) is 0. The SMILES string of the molecule is Nc1onc(-c2cccc(F)c2Cl)c1-c1cccc(Br)c1. The first-order chi connectivity index (χ1) is 10.1. The van der Waals surface area contributed by atoms with Crippen LogP contribution in [0, 0.1) is 5.82 Å². The Morgan fingerprint density at radius 1 is 1.19 bits per heavy atom. The maximum atomic E-state index is 13.6. The molecule has 1 aromatic heterocycles. The fourth-order valence-corrected chi connectivity index (χ4v) is 2.71. The van der Waals surface area contributed by atoms with Gasteiger partial charge in [0.15, 0.2) is 0 Å². The number of nitrogen functional groups attached to an aromatic ring is 1. The van der Waals surface area contributed by atoms with Gasteiger partial charge in [0.05, 0.1) is 10.6 Å². The van der Waals surface area contributed by atoms with Gasteiger partial charge < -0.3 is 10.3 Å². The van der Waals surface area contributed by atoms with E-state index in [1.165, 1.54) is 6.07 Å². The summed E-state index contributed by atoms with van der Waals surface area (Å²) in [7, 11) is 0. The van der Waals surface area contributed by atoms with Crippen LogP contribution in [0.4, 0.5) is 10.3 Å². The summed E-state index contributed by atoms with van der Waals surface area (Å²) < 4.78 is 19.6. The van der Waals surface area contributed by atoms with Crippen LogP contribution in [0.1, 0.15) is 0 Å². The van der Waals surface area contributed by atoms with Crippen molar-refractivity contribution in [3.63, 3.8) is 0 Å². The zero-order valence-electron chi connectivity index (χ0n) is 10.6. The number of hydrogen-bond donors (Lipinski definition) is 1. The molecule has 0 unspecified atom stereocenters. The van der Waals surface area contributed by atoms with Crippen molar-refractivity contribution in [2.24, 2.45) is 0 Å². The Kier molecular flexibility index (Phi) is 3.69. The Morgan fingerprint density at radius 3 is 2.71 bits per heavy atom. The second-order valence-corrected chi connectivity index (χ2v) is 5.68. The van der Waals surface area contributed by atoms with Gasteiger partial charge in [-0.25, -0.2) is 4.39 Å². The van der Waals surface area contributed by atoms with Gasteiger partial charge in [0, 0.05) is 10.0 Å².